The van der Waals surface area contributed by atoms with Crippen LogP contribution in [-0.2, 0) is 4.79 Å². The number of methoxy groups -OCH3 is 2. The number of aliphatic hydroxyl groups excluding tert-OH is 1. The Morgan fingerprint density at radius 3 is 2.53 bits per heavy atom. The fourth-order valence-electron chi connectivity index (χ4n) is 3.52. The van der Waals surface area contributed by atoms with Gasteiger partial charge in [0.05, 0.1) is 32.0 Å². The predicted octanol–water partition coefficient (Wildman–Crippen LogP) is 2.77. The van der Waals surface area contributed by atoms with Gasteiger partial charge >= 0.3 is 12.1 Å². The Morgan fingerprint density at radius 2 is 1.87 bits per heavy atom. The van der Waals surface area contributed by atoms with Crippen molar-refractivity contribution in [1.29, 1.82) is 0 Å². The lowest BCUT2D eigenvalue weighted by atomic mass is 10.1. The van der Waals surface area contributed by atoms with E-state index in [1.807, 2.05) is 0 Å². The molecule has 0 saturated carbocycles. The lowest BCUT2D eigenvalue weighted by Crippen LogP contribution is -2.29. The van der Waals surface area contributed by atoms with Crippen molar-refractivity contribution in [1.82, 2.24) is 19.9 Å². The smallest absolute Gasteiger partial charge is 0.491 e. The summed E-state index contributed by atoms with van der Waals surface area (Å²) >= 11 is 0. The average molecular weight is 535 g/mol. The molecule has 0 atom stereocenters. The number of esters is 1. The Labute approximate surface area is 211 Å². The molecule has 0 unspecified atom stereocenters. The second-order valence-electron chi connectivity index (χ2n) is 7.64. The van der Waals surface area contributed by atoms with Crippen LogP contribution in [0.2, 0.25) is 0 Å². The van der Waals surface area contributed by atoms with Crippen LogP contribution in [0.5, 0.6) is 23.0 Å². The van der Waals surface area contributed by atoms with Gasteiger partial charge in [-0.3, -0.25) is 15.1 Å². The maximum atomic E-state index is 12.9. The van der Waals surface area contributed by atoms with E-state index in [-0.39, 0.29) is 29.8 Å². The largest absolute Gasteiger partial charge is 0.497 e. The van der Waals surface area contributed by atoms with Gasteiger partial charge in [0.25, 0.3) is 5.56 Å². The summed E-state index contributed by atoms with van der Waals surface area (Å²) in [7, 11) is 2.97. The van der Waals surface area contributed by atoms with Crippen molar-refractivity contribution in [2.75, 3.05) is 32.8 Å². The number of aliphatic hydroxyl groups is 1. The number of aryl methyl sites for hydroxylation is 1. The second kappa shape index (κ2) is 10.4. The van der Waals surface area contributed by atoms with Gasteiger partial charge in [0, 0.05) is 11.5 Å². The third kappa shape index (κ3) is 5.22. The molecule has 15 heteroatoms. The molecular weight excluding hydrogens is 515 g/mol. The number of anilines is 2. The topological polar surface area (TPSA) is 158 Å². The van der Waals surface area contributed by atoms with Crippen LogP contribution < -0.4 is 29.8 Å². The molecule has 0 bridgehead atoms. The first-order chi connectivity index (χ1) is 18.0. The van der Waals surface area contributed by atoms with Gasteiger partial charge in [-0.05, 0) is 25.1 Å². The van der Waals surface area contributed by atoms with Gasteiger partial charge in [-0.25, -0.2) is 19.7 Å². The summed E-state index contributed by atoms with van der Waals surface area (Å²) in [6.45, 7) is 0.908. The number of aromatic amines is 1. The molecule has 12 nitrogen and oxygen atoms in total. The van der Waals surface area contributed by atoms with Gasteiger partial charge in [-0.15, -0.1) is 0 Å². The molecule has 0 spiro atoms. The zero-order valence-electron chi connectivity index (χ0n) is 20.1. The molecule has 0 aliphatic carbocycles. The summed E-state index contributed by atoms with van der Waals surface area (Å²) in [6.07, 6.45) is -5.34. The molecule has 0 saturated heterocycles. The predicted molar refractivity (Wildman–Crippen MR) is 127 cm³/mol. The minimum Gasteiger partial charge on any atom is -0.497 e. The number of halogens is 3. The minimum atomic E-state index is -5.34. The van der Waals surface area contributed by atoms with Gasteiger partial charge in [0.1, 0.15) is 29.0 Å². The Bertz CT molecular complexity index is 1590. The number of fused-ring (bicyclic) bond motifs is 2. The number of alkyl halides is 3. The highest BCUT2D eigenvalue weighted by atomic mass is 19.4. The summed E-state index contributed by atoms with van der Waals surface area (Å²) in [5, 5.41) is 11.9. The maximum absolute atomic E-state index is 12.9. The van der Waals surface area contributed by atoms with E-state index in [1.165, 1.54) is 20.3 Å². The maximum Gasteiger partial charge on any atom is 0.491 e. The third-order valence-corrected chi connectivity index (χ3v) is 5.18. The minimum absolute atomic E-state index is 0.0348. The fourth-order valence-corrected chi connectivity index (χ4v) is 3.52. The molecule has 0 amide bonds. The quantitative estimate of drug-likeness (QED) is 0.225. The van der Waals surface area contributed by atoms with Crippen LogP contribution in [0, 0.1) is 6.92 Å². The molecule has 4 aromatic rings. The number of hydrogen-bond donors (Lipinski definition) is 3. The number of hydrogen-bond acceptors (Lipinski definition) is 11. The number of nitrogens with one attached hydrogen (secondary N) is 2. The van der Waals surface area contributed by atoms with Crippen molar-refractivity contribution in [3.05, 3.63) is 40.3 Å². The van der Waals surface area contributed by atoms with Crippen LogP contribution >= 0.6 is 0 Å². The van der Waals surface area contributed by atoms with Crippen LogP contribution in [0.25, 0.3) is 21.8 Å². The van der Waals surface area contributed by atoms with Crippen LogP contribution in [0.3, 0.4) is 0 Å². The Balaban J connectivity index is 1.79. The van der Waals surface area contributed by atoms with E-state index >= 15 is 0 Å². The summed E-state index contributed by atoms with van der Waals surface area (Å²) in [4.78, 5) is 39.8. The van der Waals surface area contributed by atoms with E-state index in [0.717, 1.165) is 6.07 Å². The van der Waals surface area contributed by atoms with Crippen molar-refractivity contribution in [3.63, 3.8) is 0 Å². The number of carbonyl (C=O) groups excluding carboxylic acids is 1. The van der Waals surface area contributed by atoms with E-state index < -0.39 is 35.4 Å². The standard InChI is InChI=1S/C23H20F3N5O7/c1-10-12-8-11(35-2)9-15(36-3)17(12)29-21(27-10)31-22-28-13-4-5-14(37-7-6-32)18(16(13)19(33)30-22)38-20(34)23(24,25)26/h4-5,8-9,32H,6-7H2,1-3H3,(H2,27,28,29,30,31,33). The average Bonchev–Trinajstić information content (AvgIpc) is 2.87. The highest BCUT2D eigenvalue weighted by molar-refractivity contribution is 5.92. The molecule has 38 heavy (non-hydrogen) atoms. The Hall–Kier alpha value is -4.66. The van der Waals surface area contributed by atoms with Crippen molar-refractivity contribution in [2.24, 2.45) is 0 Å². The number of carbonyl (C=O) groups is 1. The molecule has 0 fully saturated rings. The number of benzene rings is 2. The number of H-pyrrole nitrogens is 1. The van der Waals surface area contributed by atoms with Gasteiger partial charge in [0.15, 0.2) is 11.5 Å². The van der Waals surface area contributed by atoms with Crippen LogP contribution in [0.15, 0.2) is 29.1 Å². The molecule has 200 valence electrons. The zero-order chi connectivity index (χ0) is 27.6. The SMILES string of the molecule is COc1cc(OC)c2nc(Nc3nc4ccc(OCCO)c(OC(=O)C(F)(F)F)c4c(=O)[nH]3)nc(C)c2c1. The van der Waals surface area contributed by atoms with Crippen molar-refractivity contribution in [3.8, 4) is 23.0 Å². The van der Waals surface area contributed by atoms with Crippen LogP contribution in [0.1, 0.15) is 5.69 Å². The first-order valence-corrected chi connectivity index (χ1v) is 10.8. The third-order valence-electron chi connectivity index (χ3n) is 5.18. The molecular formula is C23H20F3N5O7. The molecule has 2 aromatic carbocycles. The Morgan fingerprint density at radius 1 is 1.11 bits per heavy atom. The number of ether oxygens (including phenoxy) is 4. The van der Waals surface area contributed by atoms with E-state index in [4.69, 9.17) is 19.3 Å². The number of rotatable bonds is 8. The zero-order valence-corrected chi connectivity index (χ0v) is 20.1. The highest BCUT2D eigenvalue weighted by Gasteiger charge is 2.42. The molecule has 0 aliphatic heterocycles. The first-order valence-electron chi connectivity index (χ1n) is 10.8. The first kappa shape index (κ1) is 26.4. The molecule has 0 aliphatic rings. The monoisotopic (exact) mass is 535 g/mol. The highest BCUT2D eigenvalue weighted by Crippen LogP contribution is 2.36. The molecule has 0 radical (unpaired) electrons. The van der Waals surface area contributed by atoms with Crippen LogP contribution in [-0.4, -0.2) is 64.6 Å². The van der Waals surface area contributed by atoms with Crippen molar-refractivity contribution >= 4 is 39.7 Å². The summed E-state index contributed by atoms with van der Waals surface area (Å²) in [5.74, 6) is -2.90. The lowest BCUT2D eigenvalue weighted by molar-refractivity contribution is -0.189. The van der Waals surface area contributed by atoms with E-state index in [0.29, 0.717) is 28.1 Å². The van der Waals surface area contributed by atoms with E-state index in [1.54, 1.807) is 19.1 Å². The molecule has 4 rings (SSSR count). The van der Waals surface area contributed by atoms with E-state index in [2.05, 4.69) is 30.0 Å². The summed E-state index contributed by atoms with van der Waals surface area (Å²) in [6, 6.07) is 5.79. The van der Waals surface area contributed by atoms with Crippen molar-refractivity contribution < 1.29 is 42.0 Å². The normalized spacial score (nSPS) is 11.4. The van der Waals surface area contributed by atoms with Crippen LogP contribution in [0.4, 0.5) is 25.1 Å². The number of aromatic nitrogens is 4. The fraction of sp³-hybridized carbons (Fsp3) is 0.261. The van der Waals surface area contributed by atoms with Gasteiger partial charge in [-0.1, -0.05) is 0 Å². The van der Waals surface area contributed by atoms with Crippen molar-refractivity contribution in [2.45, 2.75) is 13.1 Å². The summed E-state index contributed by atoms with van der Waals surface area (Å²) in [5.41, 5.74) is -0.0857. The molecule has 2 heterocycles. The lowest BCUT2D eigenvalue weighted by Gasteiger charge is -2.15. The van der Waals surface area contributed by atoms with Gasteiger partial charge in [-0.2, -0.15) is 13.2 Å². The molecule has 3 N–H and O–H groups in total. The van der Waals surface area contributed by atoms with Gasteiger partial charge < -0.3 is 24.1 Å². The number of nitrogens with zero attached hydrogens (tertiary/aromatic N) is 3. The van der Waals surface area contributed by atoms with Gasteiger partial charge in [0.2, 0.25) is 11.9 Å². The summed E-state index contributed by atoms with van der Waals surface area (Å²) < 4.78 is 58.9. The second-order valence-corrected chi connectivity index (χ2v) is 7.64. The molecule has 2 aromatic heterocycles. The van der Waals surface area contributed by atoms with E-state index in [9.17, 15) is 22.8 Å². The Kier molecular flexibility index (Phi) is 7.21.